The second-order valence-corrected chi connectivity index (χ2v) is 6.45. The fraction of sp³-hybridized carbons (Fsp3) is 0.688. The van der Waals surface area contributed by atoms with E-state index in [4.69, 9.17) is 0 Å². The van der Waals surface area contributed by atoms with Crippen LogP contribution >= 0.6 is 0 Å². The van der Waals surface area contributed by atoms with Gasteiger partial charge in [0.15, 0.2) is 0 Å². The van der Waals surface area contributed by atoms with E-state index in [1.807, 2.05) is 6.20 Å². The monoisotopic (exact) mass is 276 g/mol. The van der Waals surface area contributed by atoms with Gasteiger partial charge in [-0.1, -0.05) is 13.0 Å². The van der Waals surface area contributed by atoms with Crippen molar-refractivity contribution in [3.63, 3.8) is 0 Å². The van der Waals surface area contributed by atoms with Crippen LogP contribution in [0.15, 0.2) is 18.3 Å². The summed E-state index contributed by atoms with van der Waals surface area (Å²) >= 11 is 0. The Morgan fingerprint density at radius 3 is 2.35 bits per heavy atom. The molecule has 0 aromatic carbocycles. The zero-order chi connectivity index (χ0) is 14.6. The normalized spacial score (nSPS) is 17.5. The summed E-state index contributed by atoms with van der Waals surface area (Å²) in [6, 6.07) is 4.33. The Hall–Kier alpha value is -1.13. The summed E-state index contributed by atoms with van der Waals surface area (Å²) in [4.78, 5) is 9.54. The number of nitrogens with zero attached hydrogens (tertiary/aromatic N) is 3. The van der Waals surface area contributed by atoms with Crippen molar-refractivity contribution in [3.05, 3.63) is 23.9 Å². The number of rotatable bonds is 4. The van der Waals surface area contributed by atoms with E-state index in [1.54, 1.807) is 0 Å². The molecule has 0 aliphatic carbocycles. The molecule has 112 valence electrons. The van der Waals surface area contributed by atoms with Crippen LogP contribution in [-0.2, 0) is 6.54 Å². The lowest BCUT2D eigenvalue weighted by molar-refractivity contribution is 0.128. The van der Waals surface area contributed by atoms with Gasteiger partial charge in [-0.15, -0.1) is 0 Å². The molecule has 1 saturated heterocycles. The molecule has 0 spiro atoms. The van der Waals surface area contributed by atoms with Crippen molar-refractivity contribution in [2.24, 2.45) is 0 Å². The van der Waals surface area contributed by atoms with Crippen LogP contribution in [-0.4, -0.2) is 48.1 Å². The first-order valence-corrected chi connectivity index (χ1v) is 7.66. The van der Waals surface area contributed by atoms with Crippen LogP contribution in [0.25, 0.3) is 0 Å². The average molecular weight is 276 g/mol. The van der Waals surface area contributed by atoms with E-state index in [2.05, 4.69) is 59.9 Å². The highest BCUT2D eigenvalue weighted by Gasteiger charge is 2.26. The van der Waals surface area contributed by atoms with Gasteiger partial charge in [-0.2, -0.15) is 0 Å². The van der Waals surface area contributed by atoms with E-state index in [9.17, 15) is 0 Å². The van der Waals surface area contributed by atoms with E-state index in [0.717, 1.165) is 45.1 Å². The van der Waals surface area contributed by atoms with E-state index in [-0.39, 0.29) is 5.54 Å². The van der Waals surface area contributed by atoms with Gasteiger partial charge in [-0.25, -0.2) is 4.98 Å². The lowest BCUT2D eigenvalue weighted by Crippen LogP contribution is -2.53. The Balaban J connectivity index is 1.90. The molecule has 0 saturated carbocycles. The highest BCUT2D eigenvalue weighted by atomic mass is 15.3. The van der Waals surface area contributed by atoms with E-state index >= 15 is 0 Å². The van der Waals surface area contributed by atoms with Crippen molar-refractivity contribution < 1.29 is 0 Å². The minimum Gasteiger partial charge on any atom is -0.354 e. The molecule has 4 heteroatoms. The quantitative estimate of drug-likeness (QED) is 0.913. The number of aromatic nitrogens is 1. The number of piperazine rings is 1. The fourth-order valence-electron chi connectivity index (χ4n) is 2.58. The zero-order valence-electron chi connectivity index (χ0n) is 13.3. The lowest BCUT2D eigenvalue weighted by Gasteiger charge is -2.42. The van der Waals surface area contributed by atoms with E-state index in [1.165, 1.54) is 5.56 Å². The van der Waals surface area contributed by atoms with E-state index < -0.39 is 0 Å². The molecule has 1 N–H and O–H groups in total. The molecule has 1 fully saturated rings. The van der Waals surface area contributed by atoms with Crippen molar-refractivity contribution in [3.8, 4) is 0 Å². The Morgan fingerprint density at radius 1 is 1.15 bits per heavy atom. The minimum absolute atomic E-state index is 0.273. The Morgan fingerprint density at radius 2 is 1.85 bits per heavy atom. The summed E-state index contributed by atoms with van der Waals surface area (Å²) in [7, 11) is 0. The largest absolute Gasteiger partial charge is 0.354 e. The van der Waals surface area contributed by atoms with Crippen molar-refractivity contribution in [2.45, 2.75) is 39.8 Å². The van der Waals surface area contributed by atoms with Gasteiger partial charge in [0.05, 0.1) is 0 Å². The zero-order valence-corrected chi connectivity index (χ0v) is 13.3. The highest BCUT2D eigenvalue weighted by Crippen LogP contribution is 2.19. The van der Waals surface area contributed by atoms with Crippen molar-refractivity contribution in [2.75, 3.05) is 37.6 Å². The number of anilines is 1. The van der Waals surface area contributed by atoms with Gasteiger partial charge in [0.1, 0.15) is 5.82 Å². The third-order valence-corrected chi connectivity index (χ3v) is 3.94. The molecule has 0 atom stereocenters. The predicted octanol–water partition coefficient (Wildman–Crippen LogP) is 2.11. The first-order valence-electron chi connectivity index (χ1n) is 7.66. The average Bonchev–Trinajstić information content (AvgIpc) is 2.45. The molecule has 0 radical (unpaired) electrons. The maximum absolute atomic E-state index is 4.61. The standard InChI is InChI=1S/C16H28N4/c1-5-17-12-14-6-7-15(18-13-14)19-8-10-20(11-9-19)16(2,3)4/h6-7,13,17H,5,8-12H2,1-4H3. The van der Waals surface area contributed by atoms with E-state index in [0.29, 0.717) is 0 Å². The molecule has 1 aliphatic heterocycles. The second-order valence-electron chi connectivity index (χ2n) is 6.45. The summed E-state index contributed by atoms with van der Waals surface area (Å²) in [5, 5.41) is 3.33. The highest BCUT2D eigenvalue weighted by molar-refractivity contribution is 5.40. The van der Waals surface area contributed by atoms with Crippen LogP contribution in [0.4, 0.5) is 5.82 Å². The minimum atomic E-state index is 0.273. The maximum atomic E-state index is 4.61. The summed E-state index contributed by atoms with van der Waals surface area (Å²) in [6.45, 7) is 15.3. The van der Waals surface area contributed by atoms with Crippen molar-refractivity contribution in [1.29, 1.82) is 0 Å². The van der Waals surface area contributed by atoms with Crippen LogP contribution in [0, 0.1) is 0 Å². The molecule has 0 unspecified atom stereocenters. The first-order chi connectivity index (χ1) is 9.50. The fourth-order valence-corrected chi connectivity index (χ4v) is 2.58. The molecule has 0 amide bonds. The number of nitrogens with one attached hydrogen (secondary N) is 1. The van der Waals surface area contributed by atoms with Gasteiger partial charge in [0, 0.05) is 44.5 Å². The topological polar surface area (TPSA) is 31.4 Å². The lowest BCUT2D eigenvalue weighted by atomic mass is 10.0. The van der Waals surface area contributed by atoms with Gasteiger partial charge in [0.2, 0.25) is 0 Å². The molecule has 20 heavy (non-hydrogen) atoms. The van der Waals surface area contributed by atoms with Crippen LogP contribution in [0.3, 0.4) is 0 Å². The second kappa shape index (κ2) is 6.55. The molecular weight excluding hydrogens is 248 g/mol. The molecule has 1 aliphatic rings. The Bertz CT molecular complexity index is 399. The third kappa shape index (κ3) is 3.93. The number of hydrogen-bond donors (Lipinski definition) is 1. The van der Waals surface area contributed by atoms with Gasteiger partial charge in [0.25, 0.3) is 0 Å². The molecule has 1 aromatic heterocycles. The molecule has 4 nitrogen and oxygen atoms in total. The van der Waals surface area contributed by atoms with Crippen LogP contribution in [0.1, 0.15) is 33.3 Å². The van der Waals surface area contributed by atoms with Gasteiger partial charge in [-0.3, -0.25) is 4.90 Å². The van der Waals surface area contributed by atoms with Crippen LogP contribution in [0.5, 0.6) is 0 Å². The number of pyridine rings is 1. The third-order valence-electron chi connectivity index (χ3n) is 3.94. The predicted molar refractivity (Wildman–Crippen MR) is 85.2 cm³/mol. The summed E-state index contributed by atoms with van der Waals surface area (Å²) in [6.07, 6.45) is 1.99. The van der Waals surface area contributed by atoms with Gasteiger partial charge in [-0.05, 0) is 38.9 Å². The smallest absolute Gasteiger partial charge is 0.128 e. The molecular formula is C16H28N4. The van der Waals surface area contributed by atoms with Crippen LogP contribution < -0.4 is 10.2 Å². The Kier molecular flexibility index (Phi) is 5.00. The SMILES string of the molecule is CCNCc1ccc(N2CCN(C(C)(C)C)CC2)nc1. The summed E-state index contributed by atoms with van der Waals surface area (Å²) in [5.74, 6) is 1.11. The van der Waals surface area contributed by atoms with Gasteiger partial charge < -0.3 is 10.2 Å². The van der Waals surface area contributed by atoms with Gasteiger partial charge >= 0.3 is 0 Å². The Labute approximate surface area is 123 Å². The summed E-state index contributed by atoms with van der Waals surface area (Å²) < 4.78 is 0. The summed E-state index contributed by atoms with van der Waals surface area (Å²) in [5.41, 5.74) is 1.53. The first kappa shape index (κ1) is 15.3. The van der Waals surface area contributed by atoms with Crippen molar-refractivity contribution >= 4 is 5.82 Å². The molecule has 2 rings (SSSR count). The molecule has 0 bridgehead atoms. The van der Waals surface area contributed by atoms with Crippen molar-refractivity contribution in [1.82, 2.24) is 15.2 Å². The van der Waals surface area contributed by atoms with Crippen LogP contribution in [0.2, 0.25) is 0 Å². The molecule has 1 aromatic rings. The maximum Gasteiger partial charge on any atom is 0.128 e. The molecule has 2 heterocycles. The number of hydrogen-bond acceptors (Lipinski definition) is 4.